The molecule has 2 rings (SSSR count). The molecular formula is C20H30ClFN4O2S. The summed E-state index contributed by atoms with van der Waals surface area (Å²) in [6.45, 7) is 4.28. The quantitative estimate of drug-likeness (QED) is 0.644. The first kappa shape index (κ1) is 25.3. The molecule has 6 nitrogen and oxygen atoms in total. The Morgan fingerprint density at radius 1 is 1.21 bits per heavy atom. The summed E-state index contributed by atoms with van der Waals surface area (Å²) in [6.07, 6.45) is 3.45. The Morgan fingerprint density at radius 3 is 2.31 bits per heavy atom. The molecule has 0 bridgehead atoms. The lowest BCUT2D eigenvalue weighted by Gasteiger charge is -2.12. The number of nitrogens with zero attached hydrogens (tertiary/aromatic N) is 3. The second kappa shape index (κ2) is 10.9. The van der Waals surface area contributed by atoms with Gasteiger partial charge < -0.3 is 5.73 Å². The minimum Gasteiger partial charge on any atom is -0.327 e. The van der Waals surface area contributed by atoms with E-state index in [1.165, 1.54) is 24.5 Å². The van der Waals surface area contributed by atoms with Crippen molar-refractivity contribution in [2.24, 2.45) is 5.73 Å². The molecule has 0 aliphatic carbocycles. The Kier molecular flexibility index (Phi) is 9.48. The molecule has 1 heterocycles. The topological polar surface area (TPSA) is 81.2 Å². The zero-order valence-corrected chi connectivity index (χ0v) is 19.0. The van der Waals surface area contributed by atoms with E-state index >= 15 is 0 Å². The van der Waals surface area contributed by atoms with Crippen molar-refractivity contribution in [1.82, 2.24) is 14.1 Å². The van der Waals surface area contributed by atoms with Crippen molar-refractivity contribution in [3.63, 3.8) is 0 Å². The fourth-order valence-corrected chi connectivity index (χ4v) is 4.03. The van der Waals surface area contributed by atoms with Gasteiger partial charge in [-0.1, -0.05) is 26.0 Å². The average molecular weight is 445 g/mol. The maximum absolute atomic E-state index is 14.0. The van der Waals surface area contributed by atoms with Gasteiger partial charge in [-0.15, -0.1) is 12.4 Å². The van der Waals surface area contributed by atoms with E-state index in [-0.39, 0.29) is 36.2 Å². The van der Waals surface area contributed by atoms with Gasteiger partial charge in [-0.3, -0.25) is 4.68 Å². The van der Waals surface area contributed by atoms with Gasteiger partial charge in [0.25, 0.3) is 0 Å². The summed E-state index contributed by atoms with van der Waals surface area (Å²) in [5.41, 5.74) is 9.37. The molecule has 0 amide bonds. The van der Waals surface area contributed by atoms with Gasteiger partial charge in [0.15, 0.2) is 0 Å². The fraction of sp³-hybridized carbons (Fsp3) is 0.450. The molecule has 0 aliphatic heterocycles. The van der Waals surface area contributed by atoms with Crippen molar-refractivity contribution in [2.75, 3.05) is 20.6 Å². The highest BCUT2D eigenvalue weighted by molar-refractivity contribution is 7.89. The lowest BCUT2D eigenvalue weighted by Crippen LogP contribution is -2.22. The van der Waals surface area contributed by atoms with Crippen LogP contribution in [0.4, 0.5) is 4.39 Å². The molecule has 29 heavy (non-hydrogen) atoms. The third kappa shape index (κ3) is 5.88. The summed E-state index contributed by atoms with van der Waals surface area (Å²) in [6, 6.07) is 6.88. The number of hydrogen-bond acceptors (Lipinski definition) is 4. The molecule has 2 N–H and O–H groups in total. The Hall–Kier alpha value is -1.74. The number of sulfonamides is 1. The van der Waals surface area contributed by atoms with Gasteiger partial charge in [-0.2, -0.15) is 5.10 Å². The van der Waals surface area contributed by atoms with Crippen LogP contribution in [0.2, 0.25) is 0 Å². The summed E-state index contributed by atoms with van der Waals surface area (Å²) in [4.78, 5) is 0.261. The second-order valence-corrected chi connectivity index (χ2v) is 8.88. The first-order valence-corrected chi connectivity index (χ1v) is 10.8. The molecular weight excluding hydrogens is 415 g/mol. The molecule has 1 aromatic carbocycles. The highest BCUT2D eigenvalue weighted by Gasteiger charge is 2.19. The number of halogens is 2. The van der Waals surface area contributed by atoms with Crippen LogP contribution in [0.3, 0.4) is 0 Å². The molecule has 0 spiro atoms. The second-order valence-electron chi connectivity index (χ2n) is 6.73. The van der Waals surface area contributed by atoms with Gasteiger partial charge in [-0.05, 0) is 36.6 Å². The van der Waals surface area contributed by atoms with E-state index in [1.807, 2.05) is 26.0 Å². The summed E-state index contributed by atoms with van der Waals surface area (Å²) in [5.74, 6) is -0.299. The molecule has 0 aliphatic rings. The smallest absolute Gasteiger partial charge is 0.242 e. The maximum Gasteiger partial charge on any atom is 0.242 e. The van der Waals surface area contributed by atoms with Crippen LogP contribution in [0.25, 0.3) is 0 Å². The largest absolute Gasteiger partial charge is 0.327 e. The Bertz CT molecular complexity index is 938. The minimum absolute atomic E-state index is 0. The van der Waals surface area contributed by atoms with Crippen LogP contribution in [0.15, 0.2) is 41.1 Å². The Labute approximate surface area is 179 Å². The van der Waals surface area contributed by atoms with Crippen LogP contribution < -0.4 is 5.73 Å². The predicted molar refractivity (Wildman–Crippen MR) is 117 cm³/mol. The number of hydrogen-bond donors (Lipinski definition) is 1. The zero-order valence-electron chi connectivity index (χ0n) is 17.4. The lowest BCUT2D eigenvalue weighted by atomic mass is 10.0. The zero-order chi connectivity index (χ0) is 20.9. The summed E-state index contributed by atoms with van der Waals surface area (Å²) < 4.78 is 41.3. The van der Waals surface area contributed by atoms with Gasteiger partial charge in [0.2, 0.25) is 10.0 Å². The third-order valence-corrected chi connectivity index (χ3v) is 6.47. The van der Waals surface area contributed by atoms with Gasteiger partial charge >= 0.3 is 0 Å². The fourth-order valence-electron chi connectivity index (χ4n) is 3.13. The average Bonchev–Trinajstić information content (AvgIpc) is 2.98. The third-order valence-electron chi connectivity index (χ3n) is 4.64. The van der Waals surface area contributed by atoms with Crippen molar-refractivity contribution in [3.05, 3.63) is 58.7 Å². The van der Waals surface area contributed by atoms with Gasteiger partial charge in [0.1, 0.15) is 5.83 Å². The summed E-state index contributed by atoms with van der Waals surface area (Å²) in [5, 5.41) is 4.59. The predicted octanol–water partition coefficient (Wildman–Crippen LogP) is 3.08. The molecule has 0 unspecified atom stereocenters. The molecule has 2 aromatic rings. The minimum atomic E-state index is -3.45. The monoisotopic (exact) mass is 444 g/mol. The number of allylic oxidation sites excluding steroid dienone is 1. The first-order chi connectivity index (χ1) is 13.2. The van der Waals surface area contributed by atoms with Crippen LogP contribution in [0, 0.1) is 0 Å². The van der Waals surface area contributed by atoms with E-state index in [2.05, 4.69) is 5.10 Å². The first-order valence-electron chi connectivity index (χ1n) is 9.38. The number of benzene rings is 1. The molecule has 0 radical (unpaired) electrons. The van der Waals surface area contributed by atoms with Crippen LogP contribution >= 0.6 is 12.4 Å². The van der Waals surface area contributed by atoms with Crippen molar-refractivity contribution >= 4 is 22.4 Å². The normalized spacial score (nSPS) is 12.3. The molecule has 0 atom stereocenters. The van der Waals surface area contributed by atoms with Crippen LogP contribution in [-0.2, 0) is 35.8 Å². The molecule has 9 heteroatoms. The van der Waals surface area contributed by atoms with Crippen LogP contribution in [0.5, 0.6) is 0 Å². The van der Waals surface area contributed by atoms with Crippen molar-refractivity contribution in [3.8, 4) is 0 Å². The number of aromatic nitrogens is 2. The van der Waals surface area contributed by atoms with E-state index in [0.717, 1.165) is 35.4 Å². The number of aryl methyl sites for hydroxylation is 1. The van der Waals surface area contributed by atoms with Crippen LogP contribution in [0.1, 0.15) is 36.4 Å². The molecule has 0 saturated carbocycles. The maximum atomic E-state index is 14.0. The van der Waals surface area contributed by atoms with Gasteiger partial charge in [0.05, 0.1) is 17.1 Å². The number of rotatable bonds is 9. The summed E-state index contributed by atoms with van der Waals surface area (Å²) in [7, 11) is -0.427. The molecule has 0 saturated heterocycles. The summed E-state index contributed by atoms with van der Waals surface area (Å²) >= 11 is 0. The molecule has 1 aromatic heterocycles. The van der Waals surface area contributed by atoms with E-state index in [0.29, 0.717) is 6.42 Å². The lowest BCUT2D eigenvalue weighted by molar-refractivity contribution is 0.511. The highest BCUT2D eigenvalue weighted by atomic mass is 35.5. The van der Waals surface area contributed by atoms with Crippen molar-refractivity contribution in [2.45, 2.75) is 44.6 Å². The standard InChI is InChI=1S/C20H29FN4O2S.ClH/c1-5-19-18(20(6-2)25(23-19)14-16(21)11-12-22)13-15-7-9-17(10-8-15)28(26,27)24(3)4;/h7-11H,5-6,12-14,22H2,1-4H3;1H. The molecule has 0 fully saturated rings. The van der Waals surface area contributed by atoms with Gasteiger partial charge in [0, 0.05) is 38.3 Å². The van der Waals surface area contributed by atoms with E-state index in [9.17, 15) is 12.8 Å². The van der Waals surface area contributed by atoms with Crippen molar-refractivity contribution < 1.29 is 12.8 Å². The Balaban J connectivity index is 0.00000420. The van der Waals surface area contributed by atoms with Crippen molar-refractivity contribution in [1.29, 1.82) is 0 Å². The van der Waals surface area contributed by atoms with E-state index < -0.39 is 10.0 Å². The SMILES string of the molecule is CCc1nn(CC(F)=CCN)c(CC)c1Cc1ccc(S(=O)(=O)N(C)C)cc1.Cl. The van der Waals surface area contributed by atoms with E-state index in [4.69, 9.17) is 5.73 Å². The van der Waals surface area contributed by atoms with Gasteiger partial charge in [-0.25, -0.2) is 17.1 Å². The van der Waals surface area contributed by atoms with Crippen LogP contribution in [-0.4, -0.2) is 43.1 Å². The highest BCUT2D eigenvalue weighted by Crippen LogP contribution is 2.23. The van der Waals surface area contributed by atoms with E-state index in [1.54, 1.807) is 16.8 Å². The molecule has 162 valence electrons. The number of nitrogens with two attached hydrogens (primary N) is 1. The Morgan fingerprint density at radius 2 is 1.83 bits per heavy atom.